The molecule has 110 valence electrons. The average molecular weight is 306 g/mol. The number of pyridine rings is 1. The second-order valence-electron chi connectivity index (χ2n) is 4.97. The minimum atomic E-state index is -0.722. The number of ether oxygens (including phenoxy) is 2. The molecule has 0 amide bonds. The summed E-state index contributed by atoms with van der Waals surface area (Å²) in [4.78, 5) is 4.11. The van der Waals surface area contributed by atoms with Gasteiger partial charge in [0.25, 0.3) is 0 Å². The number of aliphatic hydroxyl groups excluding tert-OH is 1. The molecule has 1 N–H and O–H groups in total. The van der Waals surface area contributed by atoms with E-state index in [-0.39, 0.29) is 0 Å². The van der Waals surface area contributed by atoms with Crippen molar-refractivity contribution in [1.29, 1.82) is 0 Å². The first-order chi connectivity index (χ1) is 10.2. The lowest BCUT2D eigenvalue weighted by Gasteiger charge is -2.16. The second-order valence-corrected chi connectivity index (χ2v) is 5.41. The average Bonchev–Trinajstić information content (AvgIpc) is 2.95. The van der Waals surface area contributed by atoms with E-state index in [9.17, 15) is 5.11 Å². The van der Waals surface area contributed by atoms with Gasteiger partial charge < -0.3 is 14.6 Å². The number of aromatic nitrogens is 1. The Morgan fingerprint density at radius 1 is 1.48 bits per heavy atom. The van der Waals surface area contributed by atoms with E-state index in [0.717, 1.165) is 23.3 Å². The van der Waals surface area contributed by atoms with Gasteiger partial charge in [0.1, 0.15) is 5.75 Å². The van der Waals surface area contributed by atoms with E-state index in [2.05, 4.69) is 4.98 Å². The highest BCUT2D eigenvalue weighted by Crippen LogP contribution is 2.36. The number of methoxy groups -OCH3 is 1. The van der Waals surface area contributed by atoms with Gasteiger partial charge in [-0.05, 0) is 35.4 Å². The van der Waals surface area contributed by atoms with E-state index in [4.69, 9.17) is 21.1 Å². The summed E-state index contributed by atoms with van der Waals surface area (Å²) in [5, 5.41) is 11.2. The van der Waals surface area contributed by atoms with Crippen LogP contribution in [0.3, 0.4) is 0 Å². The van der Waals surface area contributed by atoms with Gasteiger partial charge in [-0.2, -0.15) is 0 Å². The molecule has 5 heteroatoms. The van der Waals surface area contributed by atoms with Crippen molar-refractivity contribution < 1.29 is 14.6 Å². The van der Waals surface area contributed by atoms with Crippen molar-refractivity contribution in [2.45, 2.75) is 18.9 Å². The van der Waals surface area contributed by atoms with Gasteiger partial charge in [-0.3, -0.25) is 0 Å². The lowest BCUT2D eigenvalue weighted by Crippen LogP contribution is -2.06. The lowest BCUT2D eigenvalue weighted by atomic mass is 9.99. The minimum Gasteiger partial charge on any atom is -0.493 e. The maximum absolute atomic E-state index is 10.5. The van der Waals surface area contributed by atoms with Crippen LogP contribution in [0.5, 0.6) is 11.6 Å². The third-order valence-electron chi connectivity index (χ3n) is 3.59. The number of hydrogen-bond donors (Lipinski definition) is 1. The summed E-state index contributed by atoms with van der Waals surface area (Å²) in [6.45, 7) is 0.662. The van der Waals surface area contributed by atoms with Crippen LogP contribution >= 0.6 is 11.6 Å². The van der Waals surface area contributed by atoms with E-state index in [0.29, 0.717) is 29.5 Å². The maximum atomic E-state index is 10.5. The Kier molecular flexibility index (Phi) is 3.99. The molecule has 0 fully saturated rings. The molecule has 1 aromatic carbocycles. The largest absolute Gasteiger partial charge is 0.493 e. The van der Waals surface area contributed by atoms with E-state index < -0.39 is 6.10 Å². The Labute approximate surface area is 128 Å². The number of benzene rings is 1. The van der Waals surface area contributed by atoms with E-state index in [1.54, 1.807) is 19.4 Å². The van der Waals surface area contributed by atoms with Gasteiger partial charge in [-0.1, -0.05) is 11.6 Å². The molecule has 0 bridgehead atoms. The minimum absolute atomic E-state index is 0.408. The molecular formula is C16H16ClNO3. The molecule has 0 radical (unpaired) electrons. The molecule has 0 aliphatic carbocycles. The molecular weight excluding hydrogens is 290 g/mol. The molecule has 0 saturated heterocycles. The quantitative estimate of drug-likeness (QED) is 0.943. The summed E-state index contributed by atoms with van der Waals surface area (Å²) in [5.41, 5.74) is 2.67. The summed E-state index contributed by atoms with van der Waals surface area (Å²) in [6, 6.07) is 7.35. The van der Waals surface area contributed by atoms with Crippen molar-refractivity contribution in [2.24, 2.45) is 0 Å². The molecule has 1 atom stereocenters. The standard InChI is InChI=1S/C16H16ClNO3/c1-20-16-13(3-2-5-18-16)14(19)9-11-8-12(17)7-10-4-6-21-15(10)11/h2-3,5,7-8,14,19H,4,6,9H2,1H3. The number of fused-ring (bicyclic) bond motifs is 1. The van der Waals surface area contributed by atoms with Crippen LogP contribution in [-0.4, -0.2) is 23.8 Å². The number of aliphatic hydroxyl groups is 1. The van der Waals surface area contributed by atoms with Crippen LogP contribution in [0, 0.1) is 0 Å². The van der Waals surface area contributed by atoms with Gasteiger partial charge in [0, 0.05) is 29.6 Å². The van der Waals surface area contributed by atoms with E-state index >= 15 is 0 Å². The number of nitrogens with zero attached hydrogens (tertiary/aromatic N) is 1. The van der Waals surface area contributed by atoms with Crippen LogP contribution in [0.4, 0.5) is 0 Å². The van der Waals surface area contributed by atoms with Crippen molar-refractivity contribution in [2.75, 3.05) is 13.7 Å². The molecule has 4 nitrogen and oxygen atoms in total. The van der Waals surface area contributed by atoms with Gasteiger partial charge in [0.15, 0.2) is 0 Å². The Bertz CT molecular complexity index is 660. The Balaban J connectivity index is 1.90. The van der Waals surface area contributed by atoms with Gasteiger partial charge in [-0.15, -0.1) is 0 Å². The van der Waals surface area contributed by atoms with Crippen molar-refractivity contribution in [3.05, 3.63) is 52.2 Å². The first-order valence-electron chi connectivity index (χ1n) is 6.80. The molecule has 0 saturated carbocycles. The van der Waals surface area contributed by atoms with Crippen molar-refractivity contribution in [1.82, 2.24) is 4.98 Å². The van der Waals surface area contributed by atoms with Gasteiger partial charge >= 0.3 is 0 Å². The summed E-state index contributed by atoms with van der Waals surface area (Å²) in [5.74, 6) is 1.28. The van der Waals surface area contributed by atoms with Crippen molar-refractivity contribution in [3.63, 3.8) is 0 Å². The first-order valence-corrected chi connectivity index (χ1v) is 7.18. The predicted molar refractivity (Wildman–Crippen MR) is 80.1 cm³/mol. The zero-order chi connectivity index (χ0) is 14.8. The maximum Gasteiger partial charge on any atom is 0.218 e. The fraction of sp³-hybridized carbons (Fsp3) is 0.312. The summed E-state index contributed by atoms with van der Waals surface area (Å²) < 4.78 is 10.9. The van der Waals surface area contributed by atoms with Crippen LogP contribution in [0.15, 0.2) is 30.5 Å². The van der Waals surface area contributed by atoms with Gasteiger partial charge in [-0.25, -0.2) is 4.98 Å². The lowest BCUT2D eigenvalue weighted by molar-refractivity contribution is 0.171. The SMILES string of the molecule is COc1ncccc1C(O)Cc1cc(Cl)cc2c1OCC2. The Morgan fingerprint density at radius 2 is 2.33 bits per heavy atom. The van der Waals surface area contributed by atoms with Gasteiger partial charge in [0.05, 0.1) is 19.8 Å². The zero-order valence-corrected chi connectivity index (χ0v) is 12.4. The molecule has 0 spiro atoms. The fourth-order valence-corrected chi connectivity index (χ4v) is 2.91. The van der Waals surface area contributed by atoms with Crippen LogP contribution in [0.2, 0.25) is 5.02 Å². The Hall–Kier alpha value is -1.78. The molecule has 2 aromatic rings. The van der Waals surface area contributed by atoms with Crippen LogP contribution in [0.25, 0.3) is 0 Å². The molecule has 21 heavy (non-hydrogen) atoms. The number of rotatable bonds is 4. The van der Waals surface area contributed by atoms with E-state index in [1.807, 2.05) is 18.2 Å². The van der Waals surface area contributed by atoms with Gasteiger partial charge in [0.2, 0.25) is 5.88 Å². The highest BCUT2D eigenvalue weighted by molar-refractivity contribution is 6.30. The normalized spacial score (nSPS) is 14.4. The topological polar surface area (TPSA) is 51.6 Å². The Morgan fingerprint density at radius 3 is 3.14 bits per heavy atom. The van der Waals surface area contributed by atoms with E-state index in [1.165, 1.54) is 0 Å². The monoisotopic (exact) mass is 305 g/mol. The first kappa shape index (κ1) is 14.2. The highest BCUT2D eigenvalue weighted by Gasteiger charge is 2.21. The van der Waals surface area contributed by atoms with Crippen molar-refractivity contribution in [3.8, 4) is 11.6 Å². The summed E-state index contributed by atoms with van der Waals surface area (Å²) in [7, 11) is 1.54. The molecule has 3 rings (SSSR count). The molecule has 1 aromatic heterocycles. The third-order valence-corrected chi connectivity index (χ3v) is 3.81. The van der Waals surface area contributed by atoms with Crippen LogP contribution < -0.4 is 9.47 Å². The third kappa shape index (κ3) is 2.82. The fourth-order valence-electron chi connectivity index (χ4n) is 2.64. The molecule has 1 aliphatic heterocycles. The predicted octanol–water partition coefficient (Wildman–Crippen LogP) is 2.95. The highest BCUT2D eigenvalue weighted by atomic mass is 35.5. The summed E-state index contributed by atoms with van der Waals surface area (Å²) >= 11 is 6.14. The van der Waals surface area contributed by atoms with Crippen molar-refractivity contribution >= 4 is 11.6 Å². The molecule has 1 aliphatic rings. The van der Waals surface area contributed by atoms with Crippen LogP contribution in [-0.2, 0) is 12.8 Å². The zero-order valence-electron chi connectivity index (χ0n) is 11.7. The smallest absolute Gasteiger partial charge is 0.218 e. The summed E-state index contributed by atoms with van der Waals surface area (Å²) in [6.07, 6.45) is 2.18. The second kappa shape index (κ2) is 5.92. The molecule has 1 unspecified atom stereocenters. The number of hydrogen-bond acceptors (Lipinski definition) is 4. The molecule has 2 heterocycles. The van der Waals surface area contributed by atoms with Crippen LogP contribution in [0.1, 0.15) is 22.8 Å². The number of halogens is 1.